The van der Waals surface area contributed by atoms with E-state index in [2.05, 4.69) is 67.1 Å². The summed E-state index contributed by atoms with van der Waals surface area (Å²) >= 11 is 4.36. The second-order valence-electron chi connectivity index (χ2n) is 7.58. The van der Waals surface area contributed by atoms with Crippen LogP contribution in [-0.2, 0) is 16.2 Å². The predicted octanol–water partition coefficient (Wildman–Crippen LogP) is 5.08. The molecule has 3 rings (SSSR count). The van der Waals surface area contributed by atoms with Gasteiger partial charge in [-0.25, -0.2) is 5.43 Å². The van der Waals surface area contributed by atoms with Gasteiger partial charge >= 0.3 is 0 Å². The first-order chi connectivity index (χ1) is 17.3. The van der Waals surface area contributed by atoms with Crippen molar-refractivity contribution < 1.29 is 19.1 Å². The highest BCUT2D eigenvalue weighted by Crippen LogP contribution is 2.29. The monoisotopic (exact) mass is 708 g/mol. The van der Waals surface area contributed by atoms with Crippen LogP contribution >= 0.6 is 45.2 Å². The number of hydrogen-bond acceptors (Lipinski definition) is 6. The SMILES string of the molecule is COc1ccc(NC(=O)C(C)C(=O)NN=Cc2cc(I)c(OCc3ccc(C#N)cc3)c(I)c2)cc1. The maximum absolute atomic E-state index is 12.4. The molecule has 0 heterocycles. The number of halogens is 2. The fourth-order valence-electron chi connectivity index (χ4n) is 2.93. The van der Waals surface area contributed by atoms with Crippen LogP contribution in [0.4, 0.5) is 5.69 Å². The molecule has 0 saturated carbocycles. The van der Waals surface area contributed by atoms with Gasteiger partial charge in [-0.2, -0.15) is 10.4 Å². The highest BCUT2D eigenvalue weighted by atomic mass is 127. The number of hydrogen-bond donors (Lipinski definition) is 2. The van der Waals surface area contributed by atoms with E-state index in [4.69, 9.17) is 14.7 Å². The Bertz CT molecular complexity index is 1280. The Morgan fingerprint density at radius 1 is 1.06 bits per heavy atom. The predicted molar refractivity (Wildman–Crippen MR) is 154 cm³/mol. The van der Waals surface area contributed by atoms with Crippen LogP contribution in [0.5, 0.6) is 11.5 Å². The first-order valence-electron chi connectivity index (χ1n) is 10.7. The molecule has 0 fully saturated rings. The van der Waals surface area contributed by atoms with Gasteiger partial charge in [0.15, 0.2) is 0 Å². The van der Waals surface area contributed by atoms with Crippen LogP contribution in [0, 0.1) is 24.4 Å². The highest BCUT2D eigenvalue weighted by Gasteiger charge is 2.21. The molecule has 10 heteroatoms. The zero-order chi connectivity index (χ0) is 26.1. The van der Waals surface area contributed by atoms with E-state index in [1.54, 1.807) is 43.5 Å². The molecule has 184 valence electrons. The number of amides is 2. The third-order valence-corrected chi connectivity index (χ3v) is 6.62. The molecule has 2 N–H and O–H groups in total. The normalized spacial score (nSPS) is 11.4. The number of carbonyl (C=O) groups excluding carboxylic acids is 2. The van der Waals surface area contributed by atoms with Gasteiger partial charge in [0.25, 0.3) is 5.91 Å². The van der Waals surface area contributed by atoms with Crippen molar-refractivity contribution in [3.8, 4) is 17.6 Å². The lowest BCUT2D eigenvalue weighted by atomic mass is 10.1. The molecule has 0 bridgehead atoms. The van der Waals surface area contributed by atoms with Gasteiger partial charge < -0.3 is 14.8 Å². The van der Waals surface area contributed by atoms with Crippen LogP contribution in [0.1, 0.15) is 23.6 Å². The lowest BCUT2D eigenvalue weighted by molar-refractivity contribution is -0.131. The molecule has 2 amide bonds. The first-order valence-corrected chi connectivity index (χ1v) is 12.8. The van der Waals surface area contributed by atoms with E-state index in [1.165, 1.54) is 13.1 Å². The number of methoxy groups -OCH3 is 1. The Hall–Kier alpha value is -3.18. The van der Waals surface area contributed by atoms with Crippen LogP contribution in [0.3, 0.4) is 0 Å². The molecular formula is C26H22I2N4O4. The van der Waals surface area contributed by atoms with Gasteiger partial charge in [0.2, 0.25) is 5.91 Å². The summed E-state index contributed by atoms with van der Waals surface area (Å²) in [6, 6.07) is 19.9. The molecule has 1 atom stereocenters. The third-order valence-electron chi connectivity index (χ3n) is 5.02. The fraction of sp³-hybridized carbons (Fsp3) is 0.154. The van der Waals surface area contributed by atoms with Gasteiger partial charge in [-0.3, -0.25) is 9.59 Å². The summed E-state index contributed by atoms with van der Waals surface area (Å²) in [6.45, 7) is 1.88. The minimum atomic E-state index is -0.942. The zero-order valence-corrected chi connectivity index (χ0v) is 23.7. The van der Waals surface area contributed by atoms with Crippen LogP contribution in [0.15, 0.2) is 65.8 Å². The van der Waals surface area contributed by atoms with Crippen molar-refractivity contribution in [2.45, 2.75) is 13.5 Å². The van der Waals surface area contributed by atoms with Crippen molar-refractivity contribution in [1.82, 2.24) is 5.43 Å². The third kappa shape index (κ3) is 7.66. The van der Waals surface area contributed by atoms with Crippen molar-refractivity contribution in [3.05, 3.63) is 84.5 Å². The van der Waals surface area contributed by atoms with Crippen molar-refractivity contribution in [1.29, 1.82) is 5.26 Å². The maximum atomic E-state index is 12.4. The summed E-state index contributed by atoms with van der Waals surface area (Å²) < 4.78 is 12.8. The average Bonchev–Trinajstić information content (AvgIpc) is 2.88. The average molecular weight is 708 g/mol. The molecular weight excluding hydrogens is 686 g/mol. The lowest BCUT2D eigenvalue weighted by Crippen LogP contribution is -2.34. The van der Waals surface area contributed by atoms with Crippen LogP contribution < -0.4 is 20.2 Å². The number of anilines is 1. The molecule has 0 aliphatic heterocycles. The van der Waals surface area contributed by atoms with Crippen molar-refractivity contribution in [2.75, 3.05) is 12.4 Å². The number of carbonyl (C=O) groups is 2. The topological polar surface area (TPSA) is 113 Å². The Morgan fingerprint density at radius 2 is 1.69 bits per heavy atom. The molecule has 0 aromatic heterocycles. The number of nitriles is 1. The van der Waals surface area contributed by atoms with E-state index in [9.17, 15) is 9.59 Å². The first kappa shape index (κ1) is 27.4. The molecule has 36 heavy (non-hydrogen) atoms. The Balaban J connectivity index is 1.55. The molecule has 0 saturated heterocycles. The summed E-state index contributed by atoms with van der Waals surface area (Å²) in [5.74, 6) is -0.499. The number of nitrogens with zero attached hydrogens (tertiary/aromatic N) is 2. The molecule has 3 aromatic rings. The summed E-state index contributed by atoms with van der Waals surface area (Å²) in [5, 5.41) is 15.6. The number of benzene rings is 3. The van der Waals surface area contributed by atoms with E-state index < -0.39 is 17.7 Å². The Kier molecular flexibility index (Phi) is 10.1. The van der Waals surface area contributed by atoms with E-state index in [0.717, 1.165) is 24.0 Å². The van der Waals surface area contributed by atoms with Crippen LogP contribution in [0.2, 0.25) is 0 Å². The van der Waals surface area contributed by atoms with Crippen molar-refractivity contribution in [2.24, 2.45) is 11.0 Å². The number of nitrogens with one attached hydrogen (secondary N) is 2. The molecule has 0 aliphatic carbocycles. The summed E-state index contributed by atoms with van der Waals surface area (Å²) in [6.07, 6.45) is 1.51. The van der Waals surface area contributed by atoms with Gasteiger partial charge in [-0.05, 0) is 112 Å². The number of rotatable bonds is 9. The smallest absolute Gasteiger partial charge is 0.252 e. The fourth-order valence-corrected chi connectivity index (χ4v) is 5.06. The highest BCUT2D eigenvalue weighted by molar-refractivity contribution is 14.1. The standard InChI is InChI=1S/C26H22I2N4O4/c1-16(25(33)31-20-7-9-21(35-2)10-8-20)26(34)32-30-14-19-11-22(27)24(23(28)12-19)36-15-18-5-3-17(13-29)4-6-18/h3-12,14,16H,15H2,1-2H3,(H,31,33)(H,32,34). The van der Waals surface area contributed by atoms with Gasteiger partial charge in [0.05, 0.1) is 32.1 Å². The number of ether oxygens (including phenoxy) is 2. The summed E-state index contributed by atoms with van der Waals surface area (Å²) in [4.78, 5) is 24.7. The van der Waals surface area contributed by atoms with E-state index in [0.29, 0.717) is 23.6 Å². The van der Waals surface area contributed by atoms with Gasteiger partial charge in [0.1, 0.15) is 24.0 Å². The maximum Gasteiger partial charge on any atom is 0.252 e. The zero-order valence-electron chi connectivity index (χ0n) is 19.4. The summed E-state index contributed by atoms with van der Waals surface area (Å²) in [7, 11) is 1.56. The minimum absolute atomic E-state index is 0.373. The molecule has 0 aliphatic rings. The second-order valence-corrected chi connectivity index (χ2v) is 9.91. The Labute approximate surface area is 236 Å². The lowest BCUT2D eigenvalue weighted by Gasteiger charge is -2.12. The van der Waals surface area contributed by atoms with E-state index >= 15 is 0 Å². The van der Waals surface area contributed by atoms with Crippen molar-refractivity contribution >= 4 is 68.9 Å². The summed E-state index contributed by atoms with van der Waals surface area (Å²) in [5.41, 5.74) is 5.31. The quantitative estimate of drug-likeness (QED) is 0.140. The molecule has 1 unspecified atom stereocenters. The van der Waals surface area contributed by atoms with Crippen molar-refractivity contribution in [3.63, 3.8) is 0 Å². The Morgan fingerprint density at radius 3 is 2.28 bits per heavy atom. The minimum Gasteiger partial charge on any atom is -0.497 e. The van der Waals surface area contributed by atoms with Gasteiger partial charge in [-0.1, -0.05) is 12.1 Å². The van der Waals surface area contributed by atoms with Gasteiger partial charge in [-0.15, -0.1) is 0 Å². The largest absolute Gasteiger partial charge is 0.497 e. The second kappa shape index (κ2) is 13.2. The van der Waals surface area contributed by atoms with E-state index in [-0.39, 0.29) is 0 Å². The van der Waals surface area contributed by atoms with E-state index in [1.807, 2.05) is 24.3 Å². The van der Waals surface area contributed by atoms with Crippen LogP contribution in [0.25, 0.3) is 0 Å². The molecule has 3 aromatic carbocycles. The van der Waals surface area contributed by atoms with Gasteiger partial charge in [0, 0.05) is 5.69 Å². The number of hydrazone groups is 1. The molecule has 0 spiro atoms. The molecule has 8 nitrogen and oxygen atoms in total. The molecule has 0 radical (unpaired) electrons. The van der Waals surface area contributed by atoms with Crippen LogP contribution in [-0.4, -0.2) is 25.1 Å².